The van der Waals surface area contributed by atoms with Crippen molar-refractivity contribution in [3.8, 4) is 0 Å². The number of nitrogens with zero attached hydrogens (tertiary/aromatic N) is 1. The van der Waals surface area contributed by atoms with Gasteiger partial charge in [-0.3, -0.25) is 4.79 Å². The number of likely N-dealkylation sites (tertiary alicyclic amines) is 1. The standard InChI is InChI=1S/C11H20N2O3/c1-2-4-8(7-12)10(14)13-6-3-5-9(13)11(15)16/h8-9H,2-7,12H2,1H3,(H,15,16)/t8?,9-/m1/s1. The van der Waals surface area contributed by atoms with Crippen LogP contribution >= 0.6 is 0 Å². The average molecular weight is 228 g/mol. The molecule has 1 saturated heterocycles. The minimum atomic E-state index is -0.905. The van der Waals surface area contributed by atoms with Crippen LogP contribution in [-0.2, 0) is 9.59 Å². The molecular weight excluding hydrogens is 208 g/mol. The van der Waals surface area contributed by atoms with E-state index < -0.39 is 12.0 Å². The largest absolute Gasteiger partial charge is 0.480 e. The van der Waals surface area contributed by atoms with Crippen molar-refractivity contribution in [3.63, 3.8) is 0 Å². The predicted octanol–water partition coefficient (Wildman–Crippen LogP) is 0.437. The fraction of sp³-hybridized carbons (Fsp3) is 0.818. The molecule has 3 N–H and O–H groups in total. The lowest BCUT2D eigenvalue weighted by molar-refractivity contribution is -0.149. The highest BCUT2D eigenvalue weighted by Crippen LogP contribution is 2.21. The zero-order valence-corrected chi connectivity index (χ0v) is 9.69. The molecule has 0 aromatic heterocycles. The third-order valence-electron chi connectivity index (χ3n) is 3.09. The molecule has 1 aliphatic rings. The summed E-state index contributed by atoms with van der Waals surface area (Å²) in [6.45, 7) is 2.85. The lowest BCUT2D eigenvalue weighted by Crippen LogP contribution is -2.45. The van der Waals surface area contributed by atoms with E-state index >= 15 is 0 Å². The Morgan fingerprint density at radius 3 is 2.75 bits per heavy atom. The molecule has 1 heterocycles. The van der Waals surface area contributed by atoms with Crippen LogP contribution in [0.25, 0.3) is 0 Å². The lowest BCUT2D eigenvalue weighted by Gasteiger charge is -2.25. The van der Waals surface area contributed by atoms with E-state index in [1.165, 1.54) is 4.90 Å². The molecule has 5 nitrogen and oxygen atoms in total. The molecule has 0 radical (unpaired) electrons. The molecular formula is C11H20N2O3. The van der Waals surface area contributed by atoms with Gasteiger partial charge in [0.05, 0.1) is 5.92 Å². The monoisotopic (exact) mass is 228 g/mol. The van der Waals surface area contributed by atoms with Gasteiger partial charge < -0.3 is 15.7 Å². The van der Waals surface area contributed by atoms with Crippen LogP contribution in [0.2, 0.25) is 0 Å². The second-order valence-electron chi connectivity index (χ2n) is 4.25. The van der Waals surface area contributed by atoms with Crippen molar-refractivity contribution in [3.05, 3.63) is 0 Å². The maximum atomic E-state index is 12.1. The Morgan fingerprint density at radius 2 is 2.25 bits per heavy atom. The summed E-state index contributed by atoms with van der Waals surface area (Å²) in [4.78, 5) is 24.5. The summed E-state index contributed by atoms with van der Waals surface area (Å²) in [5, 5.41) is 8.99. The van der Waals surface area contributed by atoms with Crippen molar-refractivity contribution in [1.29, 1.82) is 0 Å². The van der Waals surface area contributed by atoms with Gasteiger partial charge in [-0.15, -0.1) is 0 Å². The average Bonchev–Trinajstić information content (AvgIpc) is 2.73. The highest BCUT2D eigenvalue weighted by molar-refractivity contribution is 5.85. The Labute approximate surface area is 95.6 Å². The molecule has 92 valence electrons. The topological polar surface area (TPSA) is 83.6 Å². The number of amides is 1. The second kappa shape index (κ2) is 5.84. The van der Waals surface area contributed by atoms with Crippen LogP contribution < -0.4 is 5.73 Å². The third kappa shape index (κ3) is 2.72. The number of carboxylic acids is 1. The Hall–Kier alpha value is -1.10. The zero-order chi connectivity index (χ0) is 12.1. The maximum Gasteiger partial charge on any atom is 0.326 e. The van der Waals surface area contributed by atoms with Crippen LogP contribution in [0, 0.1) is 5.92 Å². The first kappa shape index (κ1) is 13.0. The molecule has 16 heavy (non-hydrogen) atoms. The van der Waals surface area contributed by atoms with E-state index in [1.807, 2.05) is 6.92 Å². The van der Waals surface area contributed by atoms with Crippen LogP contribution in [-0.4, -0.2) is 41.0 Å². The van der Waals surface area contributed by atoms with E-state index in [4.69, 9.17) is 10.8 Å². The highest BCUT2D eigenvalue weighted by Gasteiger charge is 2.36. The summed E-state index contributed by atoms with van der Waals surface area (Å²) in [5.41, 5.74) is 5.55. The zero-order valence-electron chi connectivity index (χ0n) is 9.69. The van der Waals surface area contributed by atoms with Gasteiger partial charge in [0.1, 0.15) is 6.04 Å². The van der Waals surface area contributed by atoms with Crippen molar-refractivity contribution in [2.45, 2.75) is 38.6 Å². The second-order valence-corrected chi connectivity index (χ2v) is 4.25. The molecule has 1 amide bonds. The van der Waals surface area contributed by atoms with Crippen molar-refractivity contribution in [1.82, 2.24) is 4.90 Å². The Morgan fingerprint density at radius 1 is 1.56 bits per heavy atom. The summed E-state index contributed by atoms with van der Waals surface area (Å²) >= 11 is 0. The van der Waals surface area contributed by atoms with E-state index in [1.54, 1.807) is 0 Å². The normalized spacial score (nSPS) is 22.1. The number of hydrogen-bond acceptors (Lipinski definition) is 3. The SMILES string of the molecule is CCCC(CN)C(=O)N1CCC[C@@H]1C(=O)O. The number of aliphatic carboxylic acids is 1. The lowest BCUT2D eigenvalue weighted by atomic mass is 10.0. The van der Waals surface area contributed by atoms with Crippen LogP contribution in [0.3, 0.4) is 0 Å². The van der Waals surface area contributed by atoms with Gasteiger partial charge in [0.2, 0.25) is 5.91 Å². The van der Waals surface area contributed by atoms with Gasteiger partial charge in [0.15, 0.2) is 0 Å². The molecule has 2 atom stereocenters. The molecule has 0 aromatic carbocycles. The first-order chi connectivity index (χ1) is 7.61. The molecule has 5 heteroatoms. The number of nitrogens with two attached hydrogens (primary N) is 1. The molecule has 0 aromatic rings. The van der Waals surface area contributed by atoms with E-state index in [0.29, 0.717) is 19.5 Å². The van der Waals surface area contributed by atoms with Crippen LogP contribution in [0.1, 0.15) is 32.6 Å². The summed E-state index contributed by atoms with van der Waals surface area (Å²) in [6.07, 6.45) is 2.95. The van der Waals surface area contributed by atoms with Gasteiger partial charge in [-0.1, -0.05) is 13.3 Å². The summed E-state index contributed by atoms with van der Waals surface area (Å²) < 4.78 is 0. The number of carboxylic acid groups (broad SMARTS) is 1. The molecule has 0 bridgehead atoms. The Bertz CT molecular complexity index is 268. The quantitative estimate of drug-likeness (QED) is 0.715. The van der Waals surface area contributed by atoms with E-state index in [0.717, 1.165) is 19.3 Å². The predicted molar refractivity (Wildman–Crippen MR) is 59.8 cm³/mol. The van der Waals surface area contributed by atoms with E-state index in [2.05, 4.69) is 0 Å². The fourth-order valence-corrected chi connectivity index (χ4v) is 2.21. The number of hydrogen-bond donors (Lipinski definition) is 2. The molecule has 1 rings (SSSR count). The van der Waals surface area contributed by atoms with Gasteiger partial charge >= 0.3 is 5.97 Å². The highest BCUT2D eigenvalue weighted by atomic mass is 16.4. The minimum Gasteiger partial charge on any atom is -0.480 e. The summed E-state index contributed by atoms with van der Waals surface area (Å²) in [5.74, 6) is -1.21. The number of rotatable bonds is 5. The van der Waals surface area contributed by atoms with E-state index in [-0.39, 0.29) is 11.8 Å². The molecule has 1 fully saturated rings. The first-order valence-corrected chi connectivity index (χ1v) is 5.85. The minimum absolute atomic E-state index is 0.0887. The summed E-state index contributed by atoms with van der Waals surface area (Å²) in [6, 6.07) is -0.640. The molecule has 0 spiro atoms. The van der Waals surface area contributed by atoms with Gasteiger partial charge in [-0.05, 0) is 19.3 Å². The molecule has 0 saturated carbocycles. The number of carbonyl (C=O) groups excluding carboxylic acids is 1. The summed E-state index contributed by atoms with van der Waals surface area (Å²) in [7, 11) is 0. The molecule has 0 aliphatic carbocycles. The first-order valence-electron chi connectivity index (χ1n) is 5.85. The van der Waals surface area contributed by atoms with Crippen LogP contribution in [0.5, 0.6) is 0 Å². The van der Waals surface area contributed by atoms with Crippen molar-refractivity contribution in [2.75, 3.05) is 13.1 Å². The van der Waals surface area contributed by atoms with E-state index in [9.17, 15) is 9.59 Å². The molecule has 1 aliphatic heterocycles. The Balaban J connectivity index is 2.67. The fourth-order valence-electron chi connectivity index (χ4n) is 2.21. The van der Waals surface area contributed by atoms with Gasteiger partial charge in [-0.25, -0.2) is 4.79 Å². The van der Waals surface area contributed by atoms with Gasteiger partial charge in [-0.2, -0.15) is 0 Å². The smallest absolute Gasteiger partial charge is 0.326 e. The van der Waals surface area contributed by atoms with Crippen molar-refractivity contribution >= 4 is 11.9 Å². The van der Waals surface area contributed by atoms with Gasteiger partial charge in [0.25, 0.3) is 0 Å². The van der Waals surface area contributed by atoms with Gasteiger partial charge in [0, 0.05) is 13.1 Å². The maximum absolute atomic E-state index is 12.1. The molecule has 1 unspecified atom stereocenters. The van der Waals surface area contributed by atoms with Crippen LogP contribution in [0.4, 0.5) is 0 Å². The van der Waals surface area contributed by atoms with Crippen LogP contribution in [0.15, 0.2) is 0 Å². The third-order valence-corrected chi connectivity index (χ3v) is 3.09. The van der Waals surface area contributed by atoms with Crippen molar-refractivity contribution in [2.24, 2.45) is 11.7 Å². The van der Waals surface area contributed by atoms with Crippen molar-refractivity contribution < 1.29 is 14.7 Å². The Kier molecular flexibility index (Phi) is 4.73. The number of carbonyl (C=O) groups is 2.